The van der Waals surface area contributed by atoms with Gasteiger partial charge in [0.2, 0.25) is 0 Å². The molecule has 2 heterocycles. The molecular formula is C24H32N2O3S. The molecule has 0 saturated heterocycles. The molecule has 0 bridgehead atoms. The van der Waals surface area contributed by atoms with Gasteiger partial charge in [-0.3, -0.25) is 9.59 Å². The van der Waals surface area contributed by atoms with E-state index in [-0.39, 0.29) is 17.9 Å². The largest absolute Gasteiger partial charge is 0.466 e. The van der Waals surface area contributed by atoms with Crippen LogP contribution in [0.2, 0.25) is 0 Å². The predicted octanol–water partition coefficient (Wildman–Crippen LogP) is 5.79. The highest BCUT2D eigenvalue weighted by Gasteiger charge is 2.30. The highest BCUT2D eigenvalue weighted by molar-refractivity contribution is 7.17. The number of furan rings is 1. The maximum Gasteiger partial charge on any atom is 0.259 e. The number of hydrogen-bond acceptors (Lipinski definition) is 4. The number of thiophene rings is 1. The highest BCUT2D eigenvalue weighted by atomic mass is 32.1. The van der Waals surface area contributed by atoms with E-state index in [9.17, 15) is 9.59 Å². The first kappa shape index (κ1) is 21.2. The predicted molar refractivity (Wildman–Crippen MR) is 121 cm³/mol. The number of rotatable bonds is 5. The van der Waals surface area contributed by atoms with Gasteiger partial charge in [-0.15, -0.1) is 11.3 Å². The maximum atomic E-state index is 13.3. The third-order valence-electron chi connectivity index (χ3n) is 6.62. The van der Waals surface area contributed by atoms with Crippen LogP contribution in [-0.2, 0) is 12.8 Å². The summed E-state index contributed by atoms with van der Waals surface area (Å²) in [6.45, 7) is 5.86. The molecule has 5 nitrogen and oxygen atoms in total. The standard InChI is InChI=1S/C24H32N2O3S/c1-4-16-10-11-18-20(13-16)30-24(26-22(27)19-12-14(2)29-15(19)3)21(18)23(28)25-17-8-6-5-7-9-17/h12,16-17H,4-11,13H2,1-3H3,(H,25,28)(H,26,27)/t16-/m1/s1. The van der Waals surface area contributed by atoms with Gasteiger partial charge in [0.15, 0.2) is 0 Å². The van der Waals surface area contributed by atoms with Gasteiger partial charge < -0.3 is 15.1 Å². The Labute approximate surface area is 182 Å². The Morgan fingerprint density at radius 3 is 2.57 bits per heavy atom. The Bertz CT molecular complexity index is 937. The average Bonchev–Trinajstić information content (AvgIpc) is 3.26. The summed E-state index contributed by atoms with van der Waals surface area (Å²) in [5, 5.41) is 7.00. The summed E-state index contributed by atoms with van der Waals surface area (Å²) in [6.07, 6.45) is 9.87. The van der Waals surface area contributed by atoms with Crippen molar-refractivity contribution in [3.05, 3.63) is 39.2 Å². The number of carbonyl (C=O) groups is 2. The van der Waals surface area contributed by atoms with Crippen LogP contribution in [-0.4, -0.2) is 17.9 Å². The SMILES string of the molecule is CC[C@@H]1CCc2c(sc(NC(=O)c3cc(C)oc3C)c2C(=O)NC2CCCCC2)C1. The Hall–Kier alpha value is -2.08. The van der Waals surface area contributed by atoms with Gasteiger partial charge in [-0.2, -0.15) is 0 Å². The number of hydrogen-bond donors (Lipinski definition) is 2. The van der Waals surface area contributed by atoms with Crippen molar-refractivity contribution in [1.82, 2.24) is 5.32 Å². The van der Waals surface area contributed by atoms with Gasteiger partial charge in [-0.1, -0.05) is 32.6 Å². The van der Waals surface area contributed by atoms with Crippen molar-refractivity contribution >= 4 is 28.2 Å². The summed E-state index contributed by atoms with van der Waals surface area (Å²) in [5.41, 5.74) is 2.37. The summed E-state index contributed by atoms with van der Waals surface area (Å²) in [6, 6.07) is 2.00. The van der Waals surface area contributed by atoms with Crippen LogP contribution in [0.4, 0.5) is 5.00 Å². The fourth-order valence-electron chi connectivity index (χ4n) is 4.86. The minimum absolute atomic E-state index is 0.0234. The third kappa shape index (κ3) is 4.34. The van der Waals surface area contributed by atoms with E-state index in [1.54, 1.807) is 24.3 Å². The molecular weight excluding hydrogens is 396 g/mol. The number of anilines is 1. The van der Waals surface area contributed by atoms with Crippen LogP contribution >= 0.6 is 11.3 Å². The smallest absolute Gasteiger partial charge is 0.259 e. The molecule has 4 rings (SSSR count). The fraction of sp³-hybridized carbons (Fsp3) is 0.583. The van der Waals surface area contributed by atoms with Crippen molar-refractivity contribution in [3.8, 4) is 0 Å². The third-order valence-corrected chi connectivity index (χ3v) is 7.79. The van der Waals surface area contributed by atoms with Gasteiger partial charge >= 0.3 is 0 Å². The molecule has 2 aromatic rings. The zero-order chi connectivity index (χ0) is 21.3. The highest BCUT2D eigenvalue weighted by Crippen LogP contribution is 2.41. The lowest BCUT2D eigenvalue weighted by Gasteiger charge is -2.24. The molecule has 2 amide bonds. The van der Waals surface area contributed by atoms with Crippen LogP contribution in [0.1, 0.15) is 94.5 Å². The average molecular weight is 429 g/mol. The number of amides is 2. The Kier molecular flexibility index (Phi) is 6.32. The summed E-state index contributed by atoms with van der Waals surface area (Å²) in [4.78, 5) is 27.5. The molecule has 6 heteroatoms. The Morgan fingerprint density at radius 2 is 1.90 bits per heavy atom. The monoisotopic (exact) mass is 428 g/mol. The maximum absolute atomic E-state index is 13.3. The number of fused-ring (bicyclic) bond motifs is 1. The van der Waals surface area contributed by atoms with E-state index in [1.807, 2.05) is 6.92 Å². The normalized spacial score (nSPS) is 19.4. The first-order valence-electron chi connectivity index (χ1n) is 11.3. The molecule has 30 heavy (non-hydrogen) atoms. The molecule has 2 aromatic heterocycles. The van der Waals surface area contributed by atoms with E-state index in [1.165, 1.54) is 24.1 Å². The van der Waals surface area contributed by atoms with Crippen molar-refractivity contribution < 1.29 is 14.0 Å². The number of carbonyl (C=O) groups excluding carboxylic acids is 2. The first-order valence-corrected chi connectivity index (χ1v) is 12.1. The Balaban J connectivity index is 1.63. The zero-order valence-electron chi connectivity index (χ0n) is 18.2. The van der Waals surface area contributed by atoms with Crippen LogP contribution < -0.4 is 10.6 Å². The van der Waals surface area contributed by atoms with Gasteiger partial charge in [0, 0.05) is 10.9 Å². The molecule has 0 unspecified atom stereocenters. The quantitative estimate of drug-likeness (QED) is 0.633. The van der Waals surface area contributed by atoms with Gasteiger partial charge in [0.05, 0.1) is 11.1 Å². The van der Waals surface area contributed by atoms with E-state index >= 15 is 0 Å². The van der Waals surface area contributed by atoms with Gasteiger partial charge in [0.1, 0.15) is 16.5 Å². The van der Waals surface area contributed by atoms with Crippen molar-refractivity contribution in [2.24, 2.45) is 5.92 Å². The topological polar surface area (TPSA) is 71.3 Å². The Morgan fingerprint density at radius 1 is 1.13 bits per heavy atom. The van der Waals surface area contributed by atoms with E-state index in [0.717, 1.165) is 44.1 Å². The van der Waals surface area contributed by atoms with E-state index in [4.69, 9.17) is 4.42 Å². The van der Waals surface area contributed by atoms with E-state index < -0.39 is 0 Å². The summed E-state index contributed by atoms with van der Waals surface area (Å²) >= 11 is 1.58. The van der Waals surface area contributed by atoms with Crippen molar-refractivity contribution in [2.75, 3.05) is 5.32 Å². The molecule has 2 aliphatic carbocycles. The minimum Gasteiger partial charge on any atom is -0.466 e. The molecule has 1 atom stereocenters. The molecule has 0 spiro atoms. The van der Waals surface area contributed by atoms with Crippen LogP contribution in [0.25, 0.3) is 0 Å². The molecule has 1 fully saturated rings. The second-order valence-electron chi connectivity index (χ2n) is 8.81. The second-order valence-corrected chi connectivity index (χ2v) is 9.92. The van der Waals surface area contributed by atoms with Gasteiger partial charge in [-0.05, 0) is 63.5 Å². The van der Waals surface area contributed by atoms with E-state index in [0.29, 0.717) is 33.6 Å². The van der Waals surface area contributed by atoms with Crippen LogP contribution in [0.5, 0.6) is 0 Å². The number of nitrogens with one attached hydrogen (secondary N) is 2. The molecule has 0 radical (unpaired) electrons. The second kappa shape index (κ2) is 8.96. The zero-order valence-corrected chi connectivity index (χ0v) is 19.0. The van der Waals surface area contributed by atoms with Crippen molar-refractivity contribution in [2.45, 2.75) is 84.6 Å². The van der Waals surface area contributed by atoms with Crippen LogP contribution in [0, 0.1) is 19.8 Å². The van der Waals surface area contributed by atoms with Gasteiger partial charge in [0.25, 0.3) is 11.8 Å². The van der Waals surface area contributed by atoms with Gasteiger partial charge in [-0.25, -0.2) is 0 Å². The summed E-state index contributed by atoms with van der Waals surface area (Å²) < 4.78 is 5.52. The fourth-order valence-corrected chi connectivity index (χ4v) is 6.22. The molecule has 0 aromatic carbocycles. The lowest BCUT2D eigenvalue weighted by atomic mass is 9.85. The van der Waals surface area contributed by atoms with Crippen LogP contribution in [0.3, 0.4) is 0 Å². The summed E-state index contributed by atoms with van der Waals surface area (Å²) in [7, 11) is 0. The van der Waals surface area contributed by atoms with E-state index in [2.05, 4.69) is 17.6 Å². The summed E-state index contributed by atoms with van der Waals surface area (Å²) in [5.74, 6) is 1.74. The molecule has 162 valence electrons. The lowest BCUT2D eigenvalue weighted by molar-refractivity contribution is 0.0927. The van der Waals surface area contributed by atoms with Crippen molar-refractivity contribution in [1.29, 1.82) is 0 Å². The molecule has 2 aliphatic rings. The first-order chi connectivity index (χ1) is 14.5. The molecule has 1 saturated carbocycles. The lowest BCUT2D eigenvalue weighted by Crippen LogP contribution is -2.37. The molecule has 0 aliphatic heterocycles. The van der Waals surface area contributed by atoms with Crippen molar-refractivity contribution in [3.63, 3.8) is 0 Å². The minimum atomic E-state index is -0.207. The molecule has 2 N–H and O–H groups in total. The number of aryl methyl sites for hydroxylation is 2. The van der Waals surface area contributed by atoms with Crippen LogP contribution in [0.15, 0.2) is 10.5 Å².